The summed E-state index contributed by atoms with van der Waals surface area (Å²) in [5, 5.41) is 8.97. The molecule has 8 heteroatoms. The molecule has 2 N–H and O–H groups in total. The van der Waals surface area contributed by atoms with Crippen LogP contribution in [0.4, 0.5) is 0 Å². The van der Waals surface area contributed by atoms with Crippen molar-refractivity contribution in [3.63, 3.8) is 0 Å². The number of nitrogens with zero attached hydrogens (tertiary/aromatic N) is 3. The summed E-state index contributed by atoms with van der Waals surface area (Å²) in [7, 11) is 5.34. The molecular weight excluding hydrogens is 509 g/mol. The van der Waals surface area contributed by atoms with Crippen LogP contribution in [0.25, 0.3) is 0 Å². The first kappa shape index (κ1) is 24.6. The maximum atomic E-state index is 12.1. The first-order chi connectivity index (χ1) is 14.1. The lowest BCUT2D eigenvalue weighted by atomic mass is 10.1. The molecule has 1 aliphatic heterocycles. The minimum Gasteiger partial charge on any atom is -0.356 e. The fourth-order valence-corrected chi connectivity index (χ4v) is 4.38. The molecule has 1 aromatic heterocycles. The number of carbonyl (C=O) groups excluding carboxylic acids is 1. The molecular formula is C22H32IN5OS. The van der Waals surface area contributed by atoms with Crippen molar-refractivity contribution < 1.29 is 4.79 Å². The molecule has 6 nitrogen and oxygen atoms in total. The summed E-state index contributed by atoms with van der Waals surface area (Å²) in [6.45, 7) is 4.82. The van der Waals surface area contributed by atoms with Gasteiger partial charge in [-0.05, 0) is 47.5 Å². The van der Waals surface area contributed by atoms with E-state index in [1.165, 1.54) is 5.56 Å². The molecule has 0 bridgehead atoms. The number of halogens is 1. The highest BCUT2D eigenvalue weighted by molar-refractivity contribution is 14.0. The van der Waals surface area contributed by atoms with Crippen molar-refractivity contribution in [3.05, 3.63) is 57.3 Å². The Morgan fingerprint density at radius 1 is 1.23 bits per heavy atom. The molecule has 3 rings (SSSR count). The van der Waals surface area contributed by atoms with E-state index in [9.17, 15) is 4.79 Å². The average Bonchev–Trinajstić information content (AvgIpc) is 3.20. The molecule has 0 radical (unpaired) electrons. The van der Waals surface area contributed by atoms with Gasteiger partial charge in [0.1, 0.15) is 0 Å². The van der Waals surface area contributed by atoms with Gasteiger partial charge in [-0.25, -0.2) is 0 Å². The lowest BCUT2D eigenvalue weighted by molar-refractivity contribution is 0.0827. The van der Waals surface area contributed by atoms with Crippen molar-refractivity contribution in [2.24, 2.45) is 4.99 Å². The van der Waals surface area contributed by atoms with Crippen LogP contribution < -0.4 is 10.6 Å². The molecule has 0 saturated heterocycles. The van der Waals surface area contributed by atoms with Gasteiger partial charge in [-0.1, -0.05) is 12.1 Å². The first-order valence-corrected chi connectivity index (χ1v) is 11.0. The van der Waals surface area contributed by atoms with Gasteiger partial charge in [-0.2, -0.15) is 0 Å². The van der Waals surface area contributed by atoms with Crippen LogP contribution in [0, 0.1) is 0 Å². The number of nitrogens with one attached hydrogen (secondary N) is 2. The normalized spacial score (nSPS) is 13.9. The number of guanidine groups is 1. The highest BCUT2D eigenvalue weighted by atomic mass is 127. The van der Waals surface area contributed by atoms with Crippen LogP contribution in [0.15, 0.2) is 40.7 Å². The predicted octanol–water partition coefficient (Wildman–Crippen LogP) is 2.83. The molecule has 0 aliphatic carbocycles. The molecule has 2 heterocycles. The molecule has 0 unspecified atom stereocenters. The quantitative estimate of drug-likeness (QED) is 0.322. The van der Waals surface area contributed by atoms with Crippen LogP contribution in [0.2, 0.25) is 0 Å². The van der Waals surface area contributed by atoms with Gasteiger partial charge in [-0.3, -0.25) is 14.7 Å². The van der Waals surface area contributed by atoms with E-state index >= 15 is 0 Å². The fourth-order valence-electron chi connectivity index (χ4n) is 3.49. The number of thiophene rings is 1. The molecule has 30 heavy (non-hydrogen) atoms. The van der Waals surface area contributed by atoms with E-state index < -0.39 is 0 Å². The Kier molecular flexibility index (Phi) is 10.1. The van der Waals surface area contributed by atoms with E-state index in [0.717, 1.165) is 62.7 Å². The van der Waals surface area contributed by atoms with Crippen LogP contribution in [-0.2, 0) is 19.4 Å². The lowest BCUT2D eigenvalue weighted by Crippen LogP contribution is -2.43. The minimum atomic E-state index is 0. The van der Waals surface area contributed by atoms with Gasteiger partial charge in [0, 0.05) is 64.3 Å². The minimum absolute atomic E-state index is 0. The Morgan fingerprint density at radius 2 is 2.03 bits per heavy atom. The van der Waals surface area contributed by atoms with Gasteiger partial charge in [0.15, 0.2) is 5.96 Å². The first-order valence-electron chi connectivity index (χ1n) is 10.1. The van der Waals surface area contributed by atoms with Crippen LogP contribution in [0.3, 0.4) is 0 Å². The van der Waals surface area contributed by atoms with E-state index in [0.29, 0.717) is 0 Å². The monoisotopic (exact) mass is 541 g/mol. The highest BCUT2D eigenvalue weighted by Gasteiger charge is 2.16. The lowest BCUT2D eigenvalue weighted by Gasteiger charge is -2.27. The van der Waals surface area contributed by atoms with Crippen molar-refractivity contribution in [1.82, 2.24) is 20.4 Å². The van der Waals surface area contributed by atoms with Crippen molar-refractivity contribution >= 4 is 47.2 Å². The molecule has 0 saturated carbocycles. The van der Waals surface area contributed by atoms with Crippen LogP contribution in [-0.4, -0.2) is 69.0 Å². The summed E-state index contributed by atoms with van der Waals surface area (Å²) in [6.07, 6.45) is 2.00. The Bertz CT molecular complexity index is 852. The number of benzene rings is 1. The van der Waals surface area contributed by atoms with Gasteiger partial charge < -0.3 is 15.5 Å². The summed E-state index contributed by atoms with van der Waals surface area (Å²) < 4.78 is 0. The molecule has 0 fully saturated rings. The topological polar surface area (TPSA) is 60.0 Å². The number of hydrogen-bond acceptors (Lipinski definition) is 4. The fraction of sp³-hybridized carbons (Fsp3) is 0.455. The molecule has 0 spiro atoms. The van der Waals surface area contributed by atoms with E-state index in [1.54, 1.807) is 30.9 Å². The van der Waals surface area contributed by atoms with Gasteiger partial charge >= 0.3 is 0 Å². The number of carbonyl (C=O) groups is 1. The standard InChI is InChI=1S/C22H31N5OS.HI/c1-23-22(25-11-13-27-12-8-20-19(16-27)9-14-29-20)24-10-7-17-5-4-6-18(15-17)21(28)26(2)3;/h4-6,9,14-15H,7-8,10-13,16H2,1-3H3,(H2,23,24,25);1H. The van der Waals surface area contributed by atoms with E-state index in [-0.39, 0.29) is 29.9 Å². The van der Waals surface area contributed by atoms with Crippen molar-refractivity contribution in [2.75, 3.05) is 47.3 Å². The third-order valence-corrected chi connectivity index (χ3v) is 6.14. The average molecular weight is 542 g/mol. The third kappa shape index (κ3) is 6.95. The summed E-state index contributed by atoms with van der Waals surface area (Å²) >= 11 is 1.88. The zero-order valence-corrected chi connectivity index (χ0v) is 21.1. The zero-order chi connectivity index (χ0) is 20.6. The van der Waals surface area contributed by atoms with E-state index in [1.807, 2.05) is 29.5 Å². The number of fused-ring (bicyclic) bond motifs is 1. The summed E-state index contributed by atoms with van der Waals surface area (Å²) in [5.74, 6) is 0.850. The zero-order valence-electron chi connectivity index (χ0n) is 18.0. The van der Waals surface area contributed by atoms with Crippen LogP contribution >= 0.6 is 35.3 Å². The van der Waals surface area contributed by atoms with E-state index in [4.69, 9.17) is 0 Å². The van der Waals surface area contributed by atoms with Crippen molar-refractivity contribution in [3.8, 4) is 0 Å². The molecule has 0 atom stereocenters. The second kappa shape index (κ2) is 12.3. The van der Waals surface area contributed by atoms with Crippen LogP contribution in [0.5, 0.6) is 0 Å². The van der Waals surface area contributed by atoms with Gasteiger partial charge in [-0.15, -0.1) is 35.3 Å². The SMILES string of the molecule is CN=C(NCCc1cccc(C(=O)N(C)C)c1)NCCN1CCc2sccc2C1.I. The largest absolute Gasteiger partial charge is 0.356 e. The second-order valence-electron chi connectivity index (χ2n) is 7.47. The maximum absolute atomic E-state index is 12.1. The number of aliphatic imine (C=N–C) groups is 1. The number of amides is 1. The molecule has 2 aromatic rings. The predicted molar refractivity (Wildman–Crippen MR) is 136 cm³/mol. The molecule has 1 aromatic carbocycles. The second-order valence-corrected chi connectivity index (χ2v) is 8.47. The summed E-state index contributed by atoms with van der Waals surface area (Å²) in [4.78, 5) is 22.1. The van der Waals surface area contributed by atoms with Gasteiger partial charge in [0.2, 0.25) is 0 Å². The molecule has 1 amide bonds. The smallest absolute Gasteiger partial charge is 0.253 e. The molecule has 164 valence electrons. The highest BCUT2D eigenvalue weighted by Crippen LogP contribution is 2.23. The summed E-state index contributed by atoms with van der Waals surface area (Å²) in [6, 6.07) is 10.1. The Balaban J connectivity index is 0.00000320. The number of hydrogen-bond donors (Lipinski definition) is 2. The Hall–Kier alpha value is -1.65. The van der Waals surface area contributed by atoms with Crippen molar-refractivity contribution in [2.45, 2.75) is 19.4 Å². The maximum Gasteiger partial charge on any atom is 0.253 e. The van der Waals surface area contributed by atoms with Crippen LogP contribution in [0.1, 0.15) is 26.4 Å². The van der Waals surface area contributed by atoms with E-state index in [2.05, 4.69) is 38.0 Å². The Labute approximate surface area is 200 Å². The summed E-state index contributed by atoms with van der Waals surface area (Å²) in [5.41, 5.74) is 3.35. The van der Waals surface area contributed by atoms with Gasteiger partial charge in [0.05, 0.1) is 0 Å². The Morgan fingerprint density at radius 3 is 2.80 bits per heavy atom. The molecule has 1 aliphatic rings. The number of rotatable bonds is 7. The van der Waals surface area contributed by atoms with Gasteiger partial charge in [0.25, 0.3) is 5.91 Å². The third-order valence-electron chi connectivity index (χ3n) is 5.12. The van der Waals surface area contributed by atoms with Crippen molar-refractivity contribution in [1.29, 1.82) is 0 Å².